The lowest BCUT2D eigenvalue weighted by Gasteiger charge is -2.42. The van der Waals surface area contributed by atoms with Gasteiger partial charge >= 0.3 is 0 Å². The van der Waals surface area contributed by atoms with Crippen molar-refractivity contribution in [3.8, 4) is 0 Å². The smallest absolute Gasteiger partial charge is 0.251 e. The highest BCUT2D eigenvalue weighted by Crippen LogP contribution is 2.31. The average molecular weight is 331 g/mol. The zero-order valence-corrected chi connectivity index (χ0v) is 14.8. The Morgan fingerprint density at radius 3 is 2.79 bits per heavy atom. The number of carbonyl (C=O) groups excluding carboxylic acids is 1. The van der Waals surface area contributed by atoms with E-state index in [4.69, 9.17) is 4.52 Å². The molecule has 0 bridgehead atoms. The third-order valence-corrected chi connectivity index (χ3v) is 4.86. The molecule has 0 aromatic carbocycles. The molecule has 3 rings (SSSR count). The van der Waals surface area contributed by atoms with E-state index in [1.807, 2.05) is 30.8 Å². The lowest BCUT2D eigenvalue weighted by atomic mass is 9.87. The number of hydrogen-bond donors (Lipinski definition) is 0. The lowest BCUT2D eigenvalue weighted by Crippen LogP contribution is -2.58. The second-order valence-electron chi connectivity index (χ2n) is 6.80. The number of carbonyl (C=O) groups is 1. The summed E-state index contributed by atoms with van der Waals surface area (Å²) in [7, 11) is 3.61. The zero-order valence-electron chi connectivity index (χ0n) is 14.8. The Hall–Kier alpha value is -2.15. The molecule has 0 spiro atoms. The third-order valence-electron chi connectivity index (χ3n) is 4.86. The minimum Gasteiger partial charge on any atom is -0.361 e. The van der Waals surface area contributed by atoms with E-state index in [0.717, 1.165) is 42.9 Å². The van der Waals surface area contributed by atoms with Gasteiger partial charge in [-0.25, -0.2) is 0 Å². The van der Waals surface area contributed by atoms with Gasteiger partial charge in [0.1, 0.15) is 5.76 Å². The van der Waals surface area contributed by atoms with E-state index < -0.39 is 5.54 Å². The summed E-state index contributed by atoms with van der Waals surface area (Å²) in [6.45, 7) is 6.22. The molecule has 1 fully saturated rings. The molecule has 1 aliphatic rings. The molecule has 0 aliphatic carbocycles. The summed E-state index contributed by atoms with van der Waals surface area (Å²) < 4.78 is 7.11. The third kappa shape index (κ3) is 2.84. The lowest BCUT2D eigenvalue weighted by molar-refractivity contribution is -0.142. The Morgan fingerprint density at radius 2 is 2.21 bits per heavy atom. The fourth-order valence-electron chi connectivity index (χ4n) is 3.61. The number of likely N-dealkylation sites (N-methyl/N-ethyl adjacent to an activating group) is 1. The molecule has 0 N–H and O–H groups in total. The first-order valence-corrected chi connectivity index (χ1v) is 8.30. The normalized spacial score (nSPS) is 21.8. The number of rotatable bonds is 4. The van der Waals surface area contributed by atoms with Crippen LogP contribution in [0.4, 0.5) is 0 Å². The van der Waals surface area contributed by atoms with Crippen molar-refractivity contribution in [1.82, 2.24) is 24.7 Å². The first kappa shape index (κ1) is 16.7. The topological polar surface area (TPSA) is 67.4 Å². The number of likely N-dealkylation sites (tertiary alicyclic amines) is 1. The van der Waals surface area contributed by atoms with Crippen molar-refractivity contribution in [2.75, 3.05) is 27.2 Å². The van der Waals surface area contributed by atoms with Crippen LogP contribution in [0, 0.1) is 13.8 Å². The fraction of sp³-hybridized carbons (Fsp3) is 0.588. The van der Waals surface area contributed by atoms with Gasteiger partial charge in [0.05, 0.1) is 5.69 Å². The Morgan fingerprint density at radius 1 is 1.42 bits per heavy atom. The Kier molecular flexibility index (Phi) is 4.45. The molecule has 1 amide bonds. The van der Waals surface area contributed by atoms with Gasteiger partial charge in [-0.1, -0.05) is 5.16 Å². The van der Waals surface area contributed by atoms with Gasteiger partial charge in [-0.05, 0) is 39.3 Å². The van der Waals surface area contributed by atoms with Gasteiger partial charge in [-0.15, -0.1) is 0 Å². The largest absolute Gasteiger partial charge is 0.361 e. The molecular weight excluding hydrogens is 306 g/mol. The summed E-state index contributed by atoms with van der Waals surface area (Å²) in [5.41, 5.74) is 1.38. The van der Waals surface area contributed by atoms with E-state index in [1.165, 1.54) is 0 Å². The SMILES string of the molecule is Cc1noc(C)c1CN1CCCC(C(=O)N(C)C)(n2cccn2)C1. The van der Waals surface area contributed by atoms with Crippen molar-refractivity contribution < 1.29 is 9.32 Å². The van der Waals surface area contributed by atoms with Crippen molar-refractivity contribution in [2.45, 2.75) is 38.8 Å². The highest BCUT2D eigenvalue weighted by molar-refractivity contribution is 5.84. The standard InChI is InChI=1S/C17H25N5O2/c1-13-15(14(2)24-19-13)11-21-9-5-7-17(12-21,16(23)20(3)4)22-10-6-8-18-22/h6,8,10H,5,7,9,11-12H2,1-4H3. The number of hydrogen-bond acceptors (Lipinski definition) is 5. The van der Waals surface area contributed by atoms with Crippen LogP contribution in [0.3, 0.4) is 0 Å². The van der Waals surface area contributed by atoms with E-state index in [2.05, 4.69) is 15.2 Å². The first-order chi connectivity index (χ1) is 11.4. The van der Waals surface area contributed by atoms with E-state index in [-0.39, 0.29) is 5.91 Å². The maximum Gasteiger partial charge on any atom is 0.251 e. The van der Waals surface area contributed by atoms with Crippen LogP contribution >= 0.6 is 0 Å². The van der Waals surface area contributed by atoms with Crippen LogP contribution in [0.5, 0.6) is 0 Å². The van der Waals surface area contributed by atoms with E-state index >= 15 is 0 Å². The number of nitrogens with zero attached hydrogens (tertiary/aromatic N) is 5. The molecule has 24 heavy (non-hydrogen) atoms. The van der Waals surface area contributed by atoms with Gasteiger partial charge in [0.25, 0.3) is 5.91 Å². The van der Waals surface area contributed by atoms with Crippen LogP contribution in [-0.4, -0.2) is 57.8 Å². The van der Waals surface area contributed by atoms with Crippen LogP contribution in [0.1, 0.15) is 29.9 Å². The molecule has 130 valence electrons. The summed E-state index contributed by atoms with van der Waals surface area (Å²) in [4.78, 5) is 17.0. The summed E-state index contributed by atoms with van der Waals surface area (Å²) in [5.74, 6) is 0.941. The molecule has 1 atom stereocenters. The van der Waals surface area contributed by atoms with Crippen LogP contribution in [-0.2, 0) is 16.9 Å². The van der Waals surface area contributed by atoms with Gasteiger partial charge in [0, 0.05) is 45.1 Å². The number of piperidine rings is 1. The highest BCUT2D eigenvalue weighted by Gasteiger charge is 2.45. The van der Waals surface area contributed by atoms with Crippen molar-refractivity contribution in [3.05, 3.63) is 35.5 Å². The first-order valence-electron chi connectivity index (χ1n) is 8.30. The van der Waals surface area contributed by atoms with Crippen LogP contribution < -0.4 is 0 Å². The Balaban J connectivity index is 1.89. The second kappa shape index (κ2) is 6.39. The molecular formula is C17H25N5O2. The monoisotopic (exact) mass is 331 g/mol. The van der Waals surface area contributed by atoms with Gasteiger partial charge in [-0.2, -0.15) is 5.10 Å². The van der Waals surface area contributed by atoms with Gasteiger partial charge < -0.3 is 9.42 Å². The van der Waals surface area contributed by atoms with E-state index in [1.54, 1.807) is 25.2 Å². The van der Waals surface area contributed by atoms with Crippen LogP contribution in [0.25, 0.3) is 0 Å². The average Bonchev–Trinajstić information content (AvgIpc) is 3.20. The maximum absolute atomic E-state index is 13.0. The number of aromatic nitrogens is 3. The minimum atomic E-state index is -0.649. The molecule has 0 saturated carbocycles. The van der Waals surface area contributed by atoms with Crippen molar-refractivity contribution in [2.24, 2.45) is 0 Å². The molecule has 2 aromatic rings. The predicted octanol–water partition coefficient (Wildman–Crippen LogP) is 1.57. The summed E-state index contributed by atoms with van der Waals surface area (Å²) >= 11 is 0. The van der Waals surface area contributed by atoms with Crippen LogP contribution in [0.15, 0.2) is 23.0 Å². The molecule has 7 heteroatoms. The molecule has 1 aliphatic heterocycles. The number of amides is 1. The second-order valence-corrected chi connectivity index (χ2v) is 6.80. The molecule has 3 heterocycles. The minimum absolute atomic E-state index is 0.0923. The molecule has 1 unspecified atom stereocenters. The van der Waals surface area contributed by atoms with Gasteiger partial charge in [-0.3, -0.25) is 14.4 Å². The summed E-state index contributed by atoms with van der Waals surface area (Å²) in [6, 6.07) is 1.87. The molecule has 7 nitrogen and oxygen atoms in total. The summed E-state index contributed by atoms with van der Waals surface area (Å²) in [5, 5.41) is 8.43. The van der Waals surface area contributed by atoms with Crippen LogP contribution in [0.2, 0.25) is 0 Å². The Labute approximate surface area is 142 Å². The van der Waals surface area contributed by atoms with Crippen molar-refractivity contribution >= 4 is 5.91 Å². The predicted molar refractivity (Wildman–Crippen MR) is 89.4 cm³/mol. The van der Waals surface area contributed by atoms with E-state index in [9.17, 15) is 4.79 Å². The Bertz CT molecular complexity index is 687. The molecule has 0 radical (unpaired) electrons. The zero-order chi connectivity index (χ0) is 17.3. The molecule has 1 saturated heterocycles. The fourth-order valence-corrected chi connectivity index (χ4v) is 3.61. The summed E-state index contributed by atoms with van der Waals surface area (Å²) in [6.07, 6.45) is 5.37. The van der Waals surface area contributed by atoms with Gasteiger partial charge in [0.2, 0.25) is 0 Å². The number of aryl methyl sites for hydroxylation is 2. The highest BCUT2D eigenvalue weighted by atomic mass is 16.5. The van der Waals surface area contributed by atoms with Crippen molar-refractivity contribution in [3.63, 3.8) is 0 Å². The quantitative estimate of drug-likeness (QED) is 0.851. The van der Waals surface area contributed by atoms with Crippen molar-refractivity contribution in [1.29, 1.82) is 0 Å². The maximum atomic E-state index is 13.0. The molecule has 2 aromatic heterocycles. The van der Waals surface area contributed by atoms with E-state index in [0.29, 0.717) is 6.54 Å². The van der Waals surface area contributed by atoms with Gasteiger partial charge in [0.15, 0.2) is 5.54 Å².